The van der Waals surface area contributed by atoms with E-state index < -0.39 is 0 Å². The number of benzene rings is 2. The number of aromatic nitrogens is 1. The van der Waals surface area contributed by atoms with Gasteiger partial charge in [-0.1, -0.05) is 18.2 Å². The second-order valence-electron chi connectivity index (χ2n) is 7.98. The summed E-state index contributed by atoms with van der Waals surface area (Å²) in [5.41, 5.74) is 2.59. The molecule has 3 aromatic rings. The zero-order valence-corrected chi connectivity index (χ0v) is 18.1. The van der Waals surface area contributed by atoms with Gasteiger partial charge < -0.3 is 19.9 Å². The molecule has 1 saturated heterocycles. The molecular formula is C24H27FN4O3. The highest BCUT2D eigenvalue weighted by molar-refractivity contribution is 5.89. The monoisotopic (exact) mass is 438 g/mol. The van der Waals surface area contributed by atoms with Crippen LogP contribution < -0.4 is 10.9 Å². The van der Waals surface area contributed by atoms with Crippen molar-refractivity contribution in [2.45, 2.75) is 13.5 Å². The SMILES string of the molecule is Cc1cccc2cc(CN(CCN3CCOCC3)C(=O)Nc3ccc(F)cc3)c(=O)[nH]c12. The highest BCUT2D eigenvalue weighted by atomic mass is 19.1. The Balaban J connectivity index is 1.55. The van der Waals surface area contributed by atoms with Crippen molar-refractivity contribution in [3.63, 3.8) is 0 Å². The van der Waals surface area contributed by atoms with Crippen molar-refractivity contribution in [1.82, 2.24) is 14.8 Å². The number of amides is 2. The second kappa shape index (κ2) is 9.93. The van der Waals surface area contributed by atoms with E-state index >= 15 is 0 Å². The summed E-state index contributed by atoms with van der Waals surface area (Å²) in [4.78, 5) is 32.6. The Morgan fingerprint density at radius 3 is 2.69 bits per heavy atom. The molecule has 2 heterocycles. The lowest BCUT2D eigenvalue weighted by molar-refractivity contribution is 0.0349. The van der Waals surface area contributed by atoms with E-state index in [2.05, 4.69) is 15.2 Å². The molecule has 168 valence electrons. The number of anilines is 1. The van der Waals surface area contributed by atoms with Gasteiger partial charge in [-0.25, -0.2) is 9.18 Å². The van der Waals surface area contributed by atoms with Gasteiger partial charge in [-0.3, -0.25) is 9.69 Å². The third-order valence-corrected chi connectivity index (χ3v) is 5.70. The fourth-order valence-corrected chi connectivity index (χ4v) is 3.83. The van der Waals surface area contributed by atoms with E-state index in [4.69, 9.17) is 4.74 Å². The van der Waals surface area contributed by atoms with Crippen molar-refractivity contribution in [1.29, 1.82) is 0 Å². The Bertz CT molecular complexity index is 1140. The van der Waals surface area contributed by atoms with Crippen molar-refractivity contribution < 1.29 is 13.9 Å². The van der Waals surface area contributed by atoms with Gasteiger partial charge in [0.2, 0.25) is 0 Å². The minimum absolute atomic E-state index is 0.163. The Hall–Kier alpha value is -3.23. The molecule has 2 N–H and O–H groups in total. The van der Waals surface area contributed by atoms with Crippen molar-refractivity contribution in [3.05, 3.63) is 75.8 Å². The number of rotatable bonds is 6. The molecule has 2 amide bonds. The van der Waals surface area contributed by atoms with Crippen LogP contribution in [-0.4, -0.2) is 60.2 Å². The van der Waals surface area contributed by atoms with Crippen LogP contribution in [-0.2, 0) is 11.3 Å². The molecule has 8 heteroatoms. The Labute approximate surface area is 185 Å². The van der Waals surface area contributed by atoms with Crippen LogP contribution in [0.5, 0.6) is 0 Å². The maximum atomic E-state index is 13.2. The zero-order valence-electron chi connectivity index (χ0n) is 18.1. The molecule has 0 saturated carbocycles. The summed E-state index contributed by atoms with van der Waals surface area (Å²) in [7, 11) is 0. The number of ether oxygens (including phenoxy) is 1. The maximum absolute atomic E-state index is 13.2. The number of nitrogens with one attached hydrogen (secondary N) is 2. The molecular weight excluding hydrogens is 411 g/mol. The first-order valence-electron chi connectivity index (χ1n) is 10.7. The van der Waals surface area contributed by atoms with Gasteiger partial charge in [-0.2, -0.15) is 0 Å². The van der Waals surface area contributed by atoms with Crippen molar-refractivity contribution in [2.24, 2.45) is 0 Å². The number of hydrogen-bond donors (Lipinski definition) is 2. The van der Waals surface area contributed by atoms with Crippen LogP contribution in [0, 0.1) is 12.7 Å². The number of morpholine rings is 1. The fraction of sp³-hybridized carbons (Fsp3) is 0.333. The van der Waals surface area contributed by atoms with Crippen LogP contribution in [0.1, 0.15) is 11.1 Å². The molecule has 0 radical (unpaired) electrons. The molecule has 1 fully saturated rings. The number of carbonyl (C=O) groups excluding carboxylic acids is 1. The van der Waals surface area contributed by atoms with E-state index in [-0.39, 0.29) is 24.0 Å². The number of aromatic amines is 1. The molecule has 7 nitrogen and oxygen atoms in total. The number of fused-ring (bicyclic) bond motifs is 1. The third-order valence-electron chi connectivity index (χ3n) is 5.70. The second-order valence-corrected chi connectivity index (χ2v) is 7.98. The van der Waals surface area contributed by atoms with Crippen molar-refractivity contribution in [3.8, 4) is 0 Å². The van der Waals surface area contributed by atoms with Crippen molar-refractivity contribution in [2.75, 3.05) is 44.7 Å². The summed E-state index contributed by atoms with van der Waals surface area (Å²) in [5, 5.41) is 3.73. The van der Waals surface area contributed by atoms with Gasteiger partial charge in [-0.05, 0) is 48.2 Å². The lowest BCUT2D eigenvalue weighted by atomic mass is 10.1. The Morgan fingerprint density at radius 1 is 1.19 bits per heavy atom. The van der Waals surface area contributed by atoms with Gasteiger partial charge in [0, 0.05) is 37.4 Å². The quantitative estimate of drug-likeness (QED) is 0.619. The number of carbonyl (C=O) groups is 1. The Kier molecular flexibility index (Phi) is 6.82. The van der Waals surface area contributed by atoms with E-state index in [1.54, 1.807) is 4.90 Å². The largest absolute Gasteiger partial charge is 0.379 e. The number of halogens is 1. The number of H-pyrrole nitrogens is 1. The van der Waals surface area contributed by atoms with Crippen LogP contribution in [0.25, 0.3) is 10.9 Å². The number of hydrogen-bond acceptors (Lipinski definition) is 4. The number of aryl methyl sites for hydroxylation is 1. The lowest BCUT2D eigenvalue weighted by Gasteiger charge is -2.30. The normalized spacial score (nSPS) is 14.4. The summed E-state index contributed by atoms with van der Waals surface area (Å²) >= 11 is 0. The predicted molar refractivity (Wildman–Crippen MR) is 122 cm³/mol. The van der Waals surface area contributed by atoms with E-state index in [9.17, 15) is 14.0 Å². The van der Waals surface area contributed by atoms with Crippen molar-refractivity contribution >= 4 is 22.6 Å². The first-order chi connectivity index (χ1) is 15.5. The molecule has 2 aromatic carbocycles. The van der Waals surface area contributed by atoms with E-state index in [0.717, 1.165) is 29.6 Å². The molecule has 0 atom stereocenters. The van der Waals surface area contributed by atoms with Crippen LogP contribution in [0.3, 0.4) is 0 Å². The predicted octanol–water partition coefficient (Wildman–Crippen LogP) is 3.34. The topological polar surface area (TPSA) is 77.7 Å². The minimum atomic E-state index is -0.370. The number of pyridine rings is 1. The molecule has 0 unspecified atom stereocenters. The molecule has 4 rings (SSSR count). The smallest absolute Gasteiger partial charge is 0.322 e. The summed E-state index contributed by atoms with van der Waals surface area (Å²) in [6.07, 6.45) is 0. The van der Waals surface area contributed by atoms with Gasteiger partial charge in [0.25, 0.3) is 5.56 Å². The summed E-state index contributed by atoms with van der Waals surface area (Å²) < 4.78 is 18.6. The van der Waals surface area contributed by atoms with E-state index in [0.29, 0.717) is 37.6 Å². The van der Waals surface area contributed by atoms with Crippen LogP contribution in [0.15, 0.2) is 53.3 Å². The molecule has 0 bridgehead atoms. The molecule has 1 aliphatic heterocycles. The highest BCUT2D eigenvalue weighted by Gasteiger charge is 2.19. The van der Waals surface area contributed by atoms with Gasteiger partial charge in [0.05, 0.1) is 25.3 Å². The zero-order chi connectivity index (χ0) is 22.5. The fourth-order valence-electron chi connectivity index (χ4n) is 3.83. The molecule has 1 aliphatic rings. The van der Waals surface area contributed by atoms with Gasteiger partial charge >= 0.3 is 6.03 Å². The maximum Gasteiger partial charge on any atom is 0.322 e. The third kappa shape index (κ3) is 5.33. The molecule has 0 aliphatic carbocycles. The average Bonchev–Trinajstić information content (AvgIpc) is 2.80. The lowest BCUT2D eigenvalue weighted by Crippen LogP contribution is -2.44. The van der Waals surface area contributed by atoms with Crippen LogP contribution >= 0.6 is 0 Å². The molecule has 0 spiro atoms. The highest BCUT2D eigenvalue weighted by Crippen LogP contribution is 2.16. The van der Waals surface area contributed by atoms with E-state index in [1.807, 2.05) is 31.2 Å². The Morgan fingerprint density at radius 2 is 1.94 bits per heavy atom. The molecule has 1 aromatic heterocycles. The standard InChI is InChI=1S/C24H27FN4O3/c1-17-3-2-4-18-15-19(23(30)27-22(17)18)16-29(10-9-28-11-13-32-14-12-28)24(31)26-21-7-5-20(25)6-8-21/h2-8,15H,9-14,16H2,1H3,(H,26,31)(H,27,30). The summed E-state index contributed by atoms with van der Waals surface area (Å²) in [6.45, 7) is 6.19. The first kappa shape index (κ1) is 22.0. The minimum Gasteiger partial charge on any atom is -0.379 e. The van der Waals surface area contributed by atoms with Crippen LogP contribution in [0.2, 0.25) is 0 Å². The summed E-state index contributed by atoms with van der Waals surface area (Å²) in [6, 6.07) is 13.0. The van der Waals surface area contributed by atoms with Gasteiger partial charge in [0.1, 0.15) is 5.82 Å². The van der Waals surface area contributed by atoms with Gasteiger partial charge in [-0.15, -0.1) is 0 Å². The summed E-state index contributed by atoms with van der Waals surface area (Å²) in [5.74, 6) is -0.370. The number of para-hydroxylation sites is 1. The van der Waals surface area contributed by atoms with Gasteiger partial charge in [0.15, 0.2) is 0 Å². The van der Waals surface area contributed by atoms with Crippen LogP contribution in [0.4, 0.5) is 14.9 Å². The first-order valence-corrected chi connectivity index (χ1v) is 10.7. The number of nitrogens with zero attached hydrogens (tertiary/aromatic N) is 2. The van der Waals surface area contributed by atoms with E-state index in [1.165, 1.54) is 24.3 Å². The molecule has 32 heavy (non-hydrogen) atoms. The number of urea groups is 1. The average molecular weight is 439 g/mol.